The third kappa shape index (κ3) is 5.69. The van der Waals surface area contributed by atoms with Crippen molar-refractivity contribution in [3.63, 3.8) is 0 Å². The van der Waals surface area contributed by atoms with Gasteiger partial charge in [-0.15, -0.1) is 0 Å². The molecule has 0 amide bonds. The normalized spacial score (nSPS) is 13.7. The minimum absolute atomic E-state index is 0.379. The molecular formula is C47H40Zr. The molecule has 0 spiro atoms. The average molecular weight is 696 g/mol. The van der Waals surface area contributed by atoms with Crippen molar-refractivity contribution in [3.05, 3.63) is 212 Å². The first-order valence-electron chi connectivity index (χ1n) is 17.4. The van der Waals surface area contributed by atoms with Crippen LogP contribution in [0.15, 0.2) is 167 Å². The summed E-state index contributed by atoms with van der Waals surface area (Å²) in [4.78, 5) is 0. The molecule has 2 aliphatic rings. The van der Waals surface area contributed by atoms with Crippen LogP contribution in [-0.4, -0.2) is 3.21 Å². The molecule has 1 heteroatoms. The number of aryl methyl sites for hydroxylation is 2. The van der Waals surface area contributed by atoms with E-state index in [9.17, 15) is 0 Å². The van der Waals surface area contributed by atoms with Crippen molar-refractivity contribution < 1.29 is 21.3 Å². The topological polar surface area (TPSA) is 0 Å². The molecule has 0 saturated carbocycles. The van der Waals surface area contributed by atoms with E-state index in [1.165, 1.54) is 55.7 Å². The van der Waals surface area contributed by atoms with Crippen LogP contribution in [0.2, 0.25) is 0 Å². The van der Waals surface area contributed by atoms with Gasteiger partial charge in [0, 0.05) is 0 Å². The van der Waals surface area contributed by atoms with Gasteiger partial charge in [-0.1, -0.05) is 0 Å². The summed E-state index contributed by atoms with van der Waals surface area (Å²) in [5, 5.41) is 0. The summed E-state index contributed by atoms with van der Waals surface area (Å²) in [5.74, 6) is 0. The van der Waals surface area contributed by atoms with E-state index in [2.05, 4.69) is 178 Å². The zero-order valence-electron chi connectivity index (χ0n) is 27.8. The number of allylic oxidation sites excluding steroid dienone is 4. The van der Waals surface area contributed by atoms with Crippen LogP contribution in [-0.2, 0) is 34.1 Å². The summed E-state index contributed by atoms with van der Waals surface area (Å²) in [6.07, 6.45) is 5.73. The van der Waals surface area contributed by atoms with Crippen LogP contribution >= 0.6 is 0 Å². The molecule has 8 rings (SSSR count). The fourth-order valence-electron chi connectivity index (χ4n) is 7.83. The van der Waals surface area contributed by atoms with Gasteiger partial charge >= 0.3 is 295 Å². The Hall–Kier alpha value is -4.45. The molecular weight excluding hydrogens is 656 g/mol. The molecule has 0 atom stereocenters. The summed E-state index contributed by atoms with van der Waals surface area (Å²) in [6, 6.07) is 59.6. The van der Waals surface area contributed by atoms with Crippen LogP contribution in [0.1, 0.15) is 68.4 Å². The Morgan fingerprint density at radius 3 is 1.48 bits per heavy atom. The fraction of sp³-hybridized carbons (Fsp3) is 0.128. The summed E-state index contributed by atoms with van der Waals surface area (Å²) in [7, 11) is 0. The van der Waals surface area contributed by atoms with Gasteiger partial charge in [0.1, 0.15) is 0 Å². The molecule has 2 aliphatic carbocycles. The van der Waals surface area contributed by atoms with E-state index in [1.54, 1.807) is 17.6 Å². The molecule has 0 fully saturated rings. The molecule has 0 bridgehead atoms. The molecule has 0 N–H and O–H groups in total. The number of hydrogen-bond donors (Lipinski definition) is 0. The van der Waals surface area contributed by atoms with Crippen LogP contribution < -0.4 is 0 Å². The van der Waals surface area contributed by atoms with Gasteiger partial charge in [-0.3, -0.25) is 0 Å². The van der Waals surface area contributed by atoms with E-state index in [0.29, 0.717) is 3.63 Å². The second-order valence-electron chi connectivity index (χ2n) is 13.0. The number of fused-ring (bicyclic) bond motifs is 3. The summed E-state index contributed by atoms with van der Waals surface area (Å²) in [6.45, 7) is 4.59. The maximum atomic E-state index is 2.64. The maximum absolute atomic E-state index is 2.93. The Labute approximate surface area is 293 Å². The number of rotatable bonds is 8. The third-order valence-electron chi connectivity index (χ3n) is 10.2. The van der Waals surface area contributed by atoms with Gasteiger partial charge < -0.3 is 0 Å². The first-order valence-corrected chi connectivity index (χ1v) is 21.3. The number of benzene rings is 6. The molecule has 0 radical (unpaired) electrons. The van der Waals surface area contributed by atoms with Crippen molar-refractivity contribution in [3.8, 4) is 11.1 Å². The van der Waals surface area contributed by atoms with Crippen molar-refractivity contribution in [2.45, 2.75) is 36.7 Å². The van der Waals surface area contributed by atoms with E-state index < -0.39 is 21.3 Å². The molecule has 0 unspecified atom stereocenters. The molecule has 6 aromatic carbocycles. The Kier molecular flexibility index (Phi) is 8.73. The molecule has 0 aliphatic heterocycles. The number of hydrogen-bond acceptors (Lipinski definition) is 0. The average Bonchev–Trinajstić information content (AvgIpc) is 3.74. The van der Waals surface area contributed by atoms with E-state index in [0.717, 1.165) is 19.3 Å². The quantitative estimate of drug-likeness (QED) is 0.149. The van der Waals surface area contributed by atoms with E-state index in [4.69, 9.17) is 0 Å². The Morgan fingerprint density at radius 2 is 1.00 bits per heavy atom. The predicted octanol–water partition coefficient (Wildman–Crippen LogP) is 11.7. The zero-order valence-corrected chi connectivity index (χ0v) is 30.2. The van der Waals surface area contributed by atoms with Gasteiger partial charge in [0.2, 0.25) is 0 Å². The van der Waals surface area contributed by atoms with Crippen molar-refractivity contribution in [1.82, 2.24) is 0 Å². The van der Waals surface area contributed by atoms with E-state index >= 15 is 0 Å². The predicted molar refractivity (Wildman–Crippen MR) is 201 cm³/mol. The Bertz CT molecular complexity index is 2090. The Balaban J connectivity index is 1.47. The third-order valence-corrected chi connectivity index (χ3v) is 18.4. The standard InChI is InChI=1S/C17H17.C17H13.C13H10.Zr/c1-3-12-5-7-16-14(9-12)11-15-10-13(4-2)6-8-17(15)16;1-3-8-14(9-4-1)16-12-7-13-17(16)15-10-5-2-6-11-15;1-3-7-12(8-4-1)11-13-9-5-2-6-10-13;/h5-11H,3-4H2,1-2H3;1-6,8-12H,13H2;1-10H;. The van der Waals surface area contributed by atoms with Crippen LogP contribution in [0.25, 0.3) is 22.3 Å². The summed E-state index contributed by atoms with van der Waals surface area (Å²) >= 11 is -2.93. The first kappa shape index (κ1) is 30.9. The molecule has 0 heterocycles. The Morgan fingerprint density at radius 1 is 0.542 bits per heavy atom. The molecule has 48 heavy (non-hydrogen) atoms. The molecule has 0 aromatic heterocycles. The van der Waals surface area contributed by atoms with Gasteiger partial charge in [-0.25, -0.2) is 0 Å². The minimum atomic E-state index is -2.93. The fourth-order valence-corrected chi connectivity index (χ4v) is 16.9. The van der Waals surface area contributed by atoms with Gasteiger partial charge in [0.05, 0.1) is 0 Å². The molecule has 232 valence electrons. The van der Waals surface area contributed by atoms with Gasteiger partial charge in [-0.05, 0) is 0 Å². The van der Waals surface area contributed by atoms with E-state index in [-0.39, 0.29) is 0 Å². The van der Waals surface area contributed by atoms with Crippen molar-refractivity contribution in [2.75, 3.05) is 0 Å². The van der Waals surface area contributed by atoms with Crippen LogP contribution in [0, 0.1) is 0 Å². The molecule has 6 aromatic rings. The van der Waals surface area contributed by atoms with Crippen molar-refractivity contribution in [1.29, 1.82) is 0 Å². The first-order chi connectivity index (χ1) is 23.7. The SMILES string of the molecule is CCc1ccc2c(c1)[CH]([Zr]([C]1=CC(c3ccccc3)=C(c3ccccc3)C1)=[C](c1ccccc1)c1ccccc1)c1cc(CC)ccc1-2. The summed E-state index contributed by atoms with van der Waals surface area (Å²) in [5.41, 5.74) is 17.1. The zero-order chi connectivity index (χ0) is 32.5. The van der Waals surface area contributed by atoms with Gasteiger partial charge in [-0.2, -0.15) is 0 Å². The van der Waals surface area contributed by atoms with Crippen LogP contribution in [0.5, 0.6) is 0 Å². The van der Waals surface area contributed by atoms with E-state index in [1.807, 2.05) is 0 Å². The summed E-state index contributed by atoms with van der Waals surface area (Å²) < 4.78 is 3.65. The molecule has 0 nitrogen and oxygen atoms in total. The van der Waals surface area contributed by atoms with Crippen molar-refractivity contribution in [2.24, 2.45) is 0 Å². The second-order valence-corrected chi connectivity index (χ2v) is 19.2. The van der Waals surface area contributed by atoms with Crippen LogP contribution in [0.4, 0.5) is 0 Å². The van der Waals surface area contributed by atoms with Gasteiger partial charge in [0.25, 0.3) is 0 Å². The van der Waals surface area contributed by atoms with Crippen molar-refractivity contribution >= 4 is 14.4 Å². The molecule has 0 saturated heterocycles. The van der Waals surface area contributed by atoms with Crippen LogP contribution in [0.3, 0.4) is 0 Å². The monoisotopic (exact) mass is 694 g/mol. The second kappa shape index (κ2) is 13.6. The van der Waals surface area contributed by atoms with Gasteiger partial charge in [0.15, 0.2) is 0 Å².